The fraction of sp³-hybridized carbons (Fsp3) is 0.222. The fourth-order valence-corrected chi connectivity index (χ4v) is 0.796. The Morgan fingerprint density at radius 3 is 2.92 bits per heavy atom. The molecule has 0 amide bonds. The number of nitrogens with zero attached hydrogens (tertiary/aromatic N) is 1. The van der Waals surface area contributed by atoms with E-state index in [2.05, 4.69) is 29.5 Å². The second-order valence-electron chi connectivity index (χ2n) is 2.05. The highest BCUT2D eigenvalue weighted by atomic mass is 32.1. The molecule has 0 radical (unpaired) electrons. The van der Waals surface area contributed by atoms with Gasteiger partial charge in [-0.05, 0) is 6.07 Å². The highest BCUT2D eigenvalue weighted by molar-refractivity contribution is 7.80. The first-order chi connectivity index (χ1) is 5.86. The van der Waals surface area contributed by atoms with Crippen LogP contribution in [-0.4, -0.2) is 17.8 Å². The lowest BCUT2D eigenvalue weighted by Gasteiger charge is -1.95. The maximum atomic E-state index is 4.90. The molecule has 0 atom stereocenters. The van der Waals surface area contributed by atoms with Crippen molar-refractivity contribution in [3.8, 4) is 17.7 Å². The van der Waals surface area contributed by atoms with Crippen LogP contribution in [0, 0.1) is 11.8 Å². The molecule has 1 aromatic heterocycles. The summed E-state index contributed by atoms with van der Waals surface area (Å²) in [4.78, 5) is 4.00. The first-order valence-electron chi connectivity index (χ1n) is 3.46. The number of thiol groups is 1. The third kappa shape index (κ3) is 2.48. The molecule has 62 valence electrons. The quantitative estimate of drug-likeness (QED) is 0.519. The van der Waals surface area contributed by atoms with Gasteiger partial charge < -0.3 is 4.74 Å². The number of pyridine rings is 1. The van der Waals surface area contributed by atoms with Crippen LogP contribution in [0.25, 0.3) is 0 Å². The van der Waals surface area contributed by atoms with Crippen LogP contribution in [-0.2, 0) is 0 Å². The van der Waals surface area contributed by atoms with Gasteiger partial charge in [-0.3, -0.25) is 0 Å². The van der Waals surface area contributed by atoms with Crippen molar-refractivity contribution in [2.75, 3.05) is 12.9 Å². The van der Waals surface area contributed by atoms with Crippen LogP contribution in [0.4, 0.5) is 0 Å². The lowest BCUT2D eigenvalue weighted by Crippen LogP contribution is -1.86. The van der Waals surface area contributed by atoms with Crippen molar-refractivity contribution < 1.29 is 4.74 Å². The molecule has 12 heavy (non-hydrogen) atoms. The Morgan fingerprint density at radius 1 is 1.58 bits per heavy atom. The van der Waals surface area contributed by atoms with Gasteiger partial charge in [0.1, 0.15) is 0 Å². The van der Waals surface area contributed by atoms with E-state index >= 15 is 0 Å². The molecule has 1 rings (SSSR count). The van der Waals surface area contributed by atoms with Crippen LogP contribution >= 0.6 is 12.6 Å². The van der Waals surface area contributed by atoms with Gasteiger partial charge in [-0.2, -0.15) is 12.6 Å². The zero-order valence-corrected chi connectivity index (χ0v) is 7.64. The molecule has 2 nitrogen and oxygen atoms in total. The molecule has 0 aliphatic rings. The Kier molecular flexibility index (Phi) is 3.49. The van der Waals surface area contributed by atoms with E-state index < -0.39 is 0 Å². The molecular weight excluding hydrogens is 170 g/mol. The monoisotopic (exact) mass is 179 g/mol. The van der Waals surface area contributed by atoms with E-state index in [1.165, 1.54) is 0 Å². The van der Waals surface area contributed by atoms with Crippen LogP contribution in [0.2, 0.25) is 0 Å². The molecule has 0 aromatic carbocycles. The topological polar surface area (TPSA) is 22.1 Å². The molecule has 0 N–H and O–H groups in total. The number of aromatic nitrogens is 1. The number of hydrogen-bond donors (Lipinski definition) is 1. The van der Waals surface area contributed by atoms with Gasteiger partial charge in [-0.15, -0.1) is 0 Å². The number of hydrogen-bond acceptors (Lipinski definition) is 3. The zero-order chi connectivity index (χ0) is 8.81. The summed E-state index contributed by atoms with van der Waals surface area (Å²) in [5, 5.41) is 0. The van der Waals surface area contributed by atoms with E-state index in [4.69, 9.17) is 4.74 Å². The van der Waals surface area contributed by atoms with E-state index in [0.29, 0.717) is 11.6 Å². The standard InChI is InChI=1S/C9H9NOS/c1-11-9-5-4-8(7-10-9)3-2-6-12/h4-5,7,12H,6H2,1H3. The van der Waals surface area contributed by atoms with Gasteiger partial charge in [-0.1, -0.05) is 11.8 Å². The zero-order valence-electron chi connectivity index (χ0n) is 6.74. The summed E-state index contributed by atoms with van der Waals surface area (Å²) in [6.45, 7) is 0. The van der Waals surface area contributed by atoms with Crippen molar-refractivity contribution in [1.82, 2.24) is 4.98 Å². The summed E-state index contributed by atoms with van der Waals surface area (Å²) in [5.74, 6) is 6.90. The molecule has 0 fully saturated rings. The maximum absolute atomic E-state index is 4.90. The van der Waals surface area contributed by atoms with Crippen molar-refractivity contribution in [1.29, 1.82) is 0 Å². The third-order valence-corrected chi connectivity index (χ3v) is 1.42. The third-order valence-electron chi connectivity index (χ3n) is 1.26. The molecule has 0 saturated carbocycles. The fourth-order valence-electron chi connectivity index (χ4n) is 0.717. The first-order valence-corrected chi connectivity index (χ1v) is 4.10. The summed E-state index contributed by atoms with van der Waals surface area (Å²) in [6.07, 6.45) is 1.68. The minimum atomic E-state index is 0.562. The molecule has 0 aliphatic carbocycles. The van der Waals surface area contributed by atoms with E-state index in [1.54, 1.807) is 19.4 Å². The minimum Gasteiger partial charge on any atom is -0.481 e. The predicted molar refractivity (Wildman–Crippen MR) is 51.5 cm³/mol. The smallest absolute Gasteiger partial charge is 0.212 e. The van der Waals surface area contributed by atoms with Crippen molar-refractivity contribution in [2.24, 2.45) is 0 Å². The van der Waals surface area contributed by atoms with E-state index in [0.717, 1.165) is 5.56 Å². The van der Waals surface area contributed by atoms with Crippen molar-refractivity contribution in [3.05, 3.63) is 23.9 Å². The molecular formula is C9H9NOS. The largest absolute Gasteiger partial charge is 0.481 e. The SMILES string of the molecule is COc1ccc(C#CCS)cn1. The molecule has 0 spiro atoms. The van der Waals surface area contributed by atoms with Gasteiger partial charge in [0.2, 0.25) is 5.88 Å². The van der Waals surface area contributed by atoms with Gasteiger partial charge in [0.25, 0.3) is 0 Å². The second-order valence-corrected chi connectivity index (χ2v) is 2.37. The van der Waals surface area contributed by atoms with Crippen LogP contribution < -0.4 is 4.74 Å². The summed E-state index contributed by atoms with van der Waals surface area (Å²) in [5.41, 5.74) is 0.879. The Balaban J connectivity index is 2.78. The molecule has 0 saturated heterocycles. The Hall–Kier alpha value is -1.14. The average molecular weight is 179 g/mol. The highest BCUT2D eigenvalue weighted by Crippen LogP contribution is 2.04. The molecule has 3 heteroatoms. The molecule has 0 unspecified atom stereocenters. The lowest BCUT2D eigenvalue weighted by molar-refractivity contribution is 0.398. The normalized spacial score (nSPS) is 8.50. The first kappa shape index (κ1) is 8.95. The molecule has 0 bridgehead atoms. The Bertz CT molecular complexity index is 297. The van der Waals surface area contributed by atoms with Crippen LogP contribution in [0.5, 0.6) is 5.88 Å². The van der Waals surface area contributed by atoms with Crippen LogP contribution in [0.1, 0.15) is 5.56 Å². The van der Waals surface area contributed by atoms with Gasteiger partial charge >= 0.3 is 0 Å². The van der Waals surface area contributed by atoms with E-state index in [9.17, 15) is 0 Å². The summed E-state index contributed by atoms with van der Waals surface area (Å²) in [6, 6.07) is 3.64. The molecule has 1 heterocycles. The van der Waals surface area contributed by atoms with E-state index in [-0.39, 0.29) is 0 Å². The van der Waals surface area contributed by atoms with Gasteiger partial charge in [0.05, 0.1) is 12.9 Å². The Labute approximate surface area is 77.4 Å². The lowest BCUT2D eigenvalue weighted by atomic mass is 10.3. The van der Waals surface area contributed by atoms with E-state index in [1.807, 2.05) is 6.07 Å². The van der Waals surface area contributed by atoms with Crippen LogP contribution in [0.15, 0.2) is 18.3 Å². The summed E-state index contributed by atoms with van der Waals surface area (Å²) < 4.78 is 4.90. The predicted octanol–water partition coefficient (Wildman–Crippen LogP) is 1.37. The number of ether oxygens (including phenoxy) is 1. The Morgan fingerprint density at radius 2 is 2.42 bits per heavy atom. The van der Waals surface area contributed by atoms with Crippen molar-refractivity contribution in [2.45, 2.75) is 0 Å². The van der Waals surface area contributed by atoms with Crippen LogP contribution in [0.3, 0.4) is 0 Å². The van der Waals surface area contributed by atoms with Crippen molar-refractivity contribution in [3.63, 3.8) is 0 Å². The molecule has 1 aromatic rings. The van der Waals surface area contributed by atoms with Gasteiger partial charge in [0, 0.05) is 17.8 Å². The van der Waals surface area contributed by atoms with Gasteiger partial charge in [-0.25, -0.2) is 4.98 Å². The average Bonchev–Trinajstić information content (AvgIpc) is 2.15. The minimum absolute atomic E-state index is 0.562. The number of rotatable bonds is 1. The highest BCUT2D eigenvalue weighted by Gasteiger charge is 1.90. The van der Waals surface area contributed by atoms with Crippen molar-refractivity contribution >= 4 is 12.6 Å². The molecule has 0 aliphatic heterocycles. The second kappa shape index (κ2) is 4.68. The maximum Gasteiger partial charge on any atom is 0.212 e. The summed E-state index contributed by atoms with van der Waals surface area (Å²) in [7, 11) is 1.58. The number of methoxy groups -OCH3 is 1. The van der Waals surface area contributed by atoms with Gasteiger partial charge in [0.15, 0.2) is 0 Å². The summed E-state index contributed by atoms with van der Waals surface area (Å²) >= 11 is 3.97.